The molecule has 2 aromatic heterocycles. The van der Waals surface area contributed by atoms with E-state index >= 15 is 0 Å². The fourth-order valence-electron chi connectivity index (χ4n) is 1.68. The highest BCUT2D eigenvalue weighted by molar-refractivity contribution is 7.07. The number of rotatable bonds is 5. The molecule has 2 rings (SSSR count). The first-order valence-corrected chi connectivity index (χ1v) is 6.52. The topological polar surface area (TPSA) is 29.9 Å². The highest BCUT2D eigenvalue weighted by Gasteiger charge is 2.02. The Bertz CT molecular complexity index is 431. The number of thiophene rings is 1. The molecule has 0 aromatic carbocycles. The van der Waals surface area contributed by atoms with Gasteiger partial charge in [0, 0.05) is 19.3 Å². The van der Waals surface area contributed by atoms with Crippen LogP contribution in [-0.4, -0.2) is 16.1 Å². The molecule has 0 saturated heterocycles. The van der Waals surface area contributed by atoms with Gasteiger partial charge in [-0.2, -0.15) is 11.3 Å². The second-order valence-corrected chi connectivity index (χ2v) is 4.58. The molecule has 0 amide bonds. The van der Waals surface area contributed by atoms with E-state index in [9.17, 15) is 0 Å². The van der Waals surface area contributed by atoms with E-state index in [0.29, 0.717) is 0 Å². The number of aromatic nitrogens is 2. The molecule has 0 unspecified atom stereocenters. The van der Waals surface area contributed by atoms with Gasteiger partial charge in [0.15, 0.2) is 0 Å². The minimum absolute atomic E-state index is 0.938. The highest BCUT2D eigenvalue weighted by Crippen LogP contribution is 2.10. The predicted octanol–water partition coefficient (Wildman–Crippen LogP) is 2.93. The summed E-state index contributed by atoms with van der Waals surface area (Å²) >= 11 is 1.75. The molecule has 16 heavy (non-hydrogen) atoms. The highest BCUT2D eigenvalue weighted by atomic mass is 32.1. The molecule has 0 aliphatic heterocycles. The van der Waals surface area contributed by atoms with Crippen molar-refractivity contribution in [1.29, 1.82) is 0 Å². The van der Waals surface area contributed by atoms with Crippen LogP contribution in [-0.2, 0) is 13.0 Å². The Morgan fingerprint density at radius 2 is 2.38 bits per heavy atom. The van der Waals surface area contributed by atoms with Gasteiger partial charge in [0.05, 0.1) is 5.69 Å². The van der Waals surface area contributed by atoms with Gasteiger partial charge in [-0.3, -0.25) is 0 Å². The van der Waals surface area contributed by atoms with Gasteiger partial charge >= 0.3 is 0 Å². The SMILES string of the molecule is CCn1cc(C)nc1NCCc1ccsc1. The Kier molecular flexibility index (Phi) is 3.62. The van der Waals surface area contributed by atoms with Gasteiger partial charge in [-0.25, -0.2) is 4.98 Å². The van der Waals surface area contributed by atoms with E-state index in [-0.39, 0.29) is 0 Å². The third kappa shape index (κ3) is 2.64. The van der Waals surface area contributed by atoms with Gasteiger partial charge in [-0.15, -0.1) is 0 Å². The van der Waals surface area contributed by atoms with Crippen molar-refractivity contribution >= 4 is 17.3 Å². The van der Waals surface area contributed by atoms with Crippen LogP contribution < -0.4 is 5.32 Å². The van der Waals surface area contributed by atoms with E-state index in [1.807, 2.05) is 6.92 Å². The largest absolute Gasteiger partial charge is 0.355 e. The van der Waals surface area contributed by atoms with Crippen molar-refractivity contribution < 1.29 is 0 Å². The average molecular weight is 235 g/mol. The standard InChI is InChI=1S/C12H17N3S/c1-3-15-8-10(2)14-12(15)13-6-4-11-5-7-16-9-11/h5,7-9H,3-4,6H2,1-2H3,(H,13,14). The molecule has 1 N–H and O–H groups in total. The lowest BCUT2D eigenvalue weighted by Gasteiger charge is -2.06. The van der Waals surface area contributed by atoms with Gasteiger partial charge in [0.1, 0.15) is 0 Å². The first-order valence-electron chi connectivity index (χ1n) is 5.58. The summed E-state index contributed by atoms with van der Waals surface area (Å²) in [6.07, 6.45) is 3.13. The summed E-state index contributed by atoms with van der Waals surface area (Å²) in [5.74, 6) is 0.982. The molecule has 0 fully saturated rings. The van der Waals surface area contributed by atoms with Crippen LogP contribution in [0.15, 0.2) is 23.0 Å². The molecule has 86 valence electrons. The Morgan fingerprint density at radius 3 is 3.06 bits per heavy atom. The Morgan fingerprint density at radius 1 is 1.50 bits per heavy atom. The van der Waals surface area contributed by atoms with Crippen LogP contribution >= 0.6 is 11.3 Å². The summed E-state index contributed by atoms with van der Waals surface area (Å²) in [5.41, 5.74) is 2.46. The molecule has 0 aliphatic rings. The lowest BCUT2D eigenvalue weighted by atomic mass is 10.2. The van der Waals surface area contributed by atoms with Gasteiger partial charge in [-0.1, -0.05) is 0 Å². The van der Waals surface area contributed by atoms with E-state index in [2.05, 4.69) is 44.8 Å². The van der Waals surface area contributed by atoms with Crippen molar-refractivity contribution in [2.45, 2.75) is 26.8 Å². The lowest BCUT2D eigenvalue weighted by molar-refractivity contribution is 0.761. The number of hydrogen-bond acceptors (Lipinski definition) is 3. The zero-order valence-corrected chi connectivity index (χ0v) is 10.5. The maximum Gasteiger partial charge on any atom is 0.203 e. The first kappa shape index (κ1) is 11.2. The van der Waals surface area contributed by atoms with E-state index in [0.717, 1.165) is 31.2 Å². The zero-order chi connectivity index (χ0) is 11.4. The molecule has 0 aliphatic carbocycles. The van der Waals surface area contributed by atoms with Crippen molar-refractivity contribution in [1.82, 2.24) is 9.55 Å². The molecular formula is C12H17N3S. The number of hydrogen-bond donors (Lipinski definition) is 1. The molecule has 2 aromatic rings. The third-order valence-electron chi connectivity index (χ3n) is 2.51. The summed E-state index contributed by atoms with van der Waals surface area (Å²) in [6.45, 7) is 6.05. The van der Waals surface area contributed by atoms with Crippen molar-refractivity contribution in [3.63, 3.8) is 0 Å². The molecule has 0 saturated carbocycles. The number of nitrogens with zero attached hydrogens (tertiary/aromatic N) is 2. The minimum Gasteiger partial charge on any atom is -0.355 e. The monoisotopic (exact) mass is 235 g/mol. The summed E-state index contributed by atoms with van der Waals surface area (Å²) in [7, 11) is 0. The summed E-state index contributed by atoms with van der Waals surface area (Å²) in [5, 5.41) is 7.69. The van der Waals surface area contributed by atoms with E-state index in [1.165, 1.54) is 5.56 Å². The number of aryl methyl sites for hydroxylation is 2. The van der Waals surface area contributed by atoms with Crippen LogP contribution in [0.25, 0.3) is 0 Å². The summed E-state index contributed by atoms with van der Waals surface area (Å²) in [6, 6.07) is 2.17. The fourth-order valence-corrected chi connectivity index (χ4v) is 2.39. The van der Waals surface area contributed by atoms with Crippen LogP contribution in [0.3, 0.4) is 0 Å². The molecule has 0 spiro atoms. The summed E-state index contributed by atoms with van der Waals surface area (Å²) < 4.78 is 2.14. The first-order chi connectivity index (χ1) is 7.79. The minimum atomic E-state index is 0.938. The van der Waals surface area contributed by atoms with Crippen molar-refractivity contribution in [2.75, 3.05) is 11.9 Å². The molecule has 0 atom stereocenters. The van der Waals surface area contributed by atoms with Crippen LogP contribution in [0.1, 0.15) is 18.2 Å². The van der Waals surface area contributed by atoms with E-state index < -0.39 is 0 Å². The maximum atomic E-state index is 4.45. The Balaban J connectivity index is 1.89. The van der Waals surface area contributed by atoms with E-state index in [4.69, 9.17) is 0 Å². The van der Waals surface area contributed by atoms with Gasteiger partial charge < -0.3 is 9.88 Å². The fraction of sp³-hybridized carbons (Fsp3) is 0.417. The molecular weight excluding hydrogens is 218 g/mol. The Hall–Kier alpha value is -1.29. The zero-order valence-electron chi connectivity index (χ0n) is 9.73. The van der Waals surface area contributed by atoms with Gasteiger partial charge in [0.2, 0.25) is 5.95 Å². The van der Waals surface area contributed by atoms with Crippen molar-refractivity contribution in [3.8, 4) is 0 Å². The molecule has 2 heterocycles. The maximum absolute atomic E-state index is 4.45. The lowest BCUT2D eigenvalue weighted by Crippen LogP contribution is -2.09. The quantitative estimate of drug-likeness (QED) is 0.863. The van der Waals surface area contributed by atoms with Crippen LogP contribution in [0, 0.1) is 6.92 Å². The van der Waals surface area contributed by atoms with Crippen LogP contribution in [0.4, 0.5) is 5.95 Å². The third-order valence-corrected chi connectivity index (χ3v) is 3.25. The molecule has 0 bridgehead atoms. The molecule has 0 radical (unpaired) electrons. The smallest absolute Gasteiger partial charge is 0.203 e. The second kappa shape index (κ2) is 5.16. The van der Waals surface area contributed by atoms with Crippen LogP contribution in [0.2, 0.25) is 0 Å². The number of imidazole rings is 1. The van der Waals surface area contributed by atoms with Crippen molar-refractivity contribution in [2.24, 2.45) is 0 Å². The van der Waals surface area contributed by atoms with Crippen molar-refractivity contribution in [3.05, 3.63) is 34.3 Å². The summed E-state index contributed by atoms with van der Waals surface area (Å²) in [4.78, 5) is 4.45. The predicted molar refractivity (Wildman–Crippen MR) is 69.2 cm³/mol. The second-order valence-electron chi connectivity index (χ2n) is 3.80. The van der Waals surface area contributed by atoms with Gasteiger partial charge in [-0.05, 0) is 42.7 Å². The Labute approximate surface area is 100 Å². The number of anilines is 1. The number of nitrogens with one attached hydrogen (secondary N) is 1. The van der Waals surface area contributed by atoms with E-state index in [1.54, 1.807) is 11.3 Å². The molecule has 4 heteroatoms. The van der Waals surface area contributed by atoms with Crippen LogP contribution in [0.5, 0.6) is 0 Å². The molecule has 3 nitrogen and oxygen atoms in total. The normalized spacial score (nSPS) is 10.6. The average Bonchev–Trinajstić information content (AvgIpc) is 2.88. The van der Waals surface area contributed by atoms with Gasteiger partial charge in [0.25, 0.3) is 0 Å².